The standard InChI is InChI=1S/C25H22N4O5/c1-2-29-24(32)20-12-11-16(13-21(20)28-25(29)33)23(31)27-18-9-6-10-19(14-18)34-15-22(30)26-17-7-4-3-5-8-17/h3-14H,2,15H2,1H3,(H,26,30)(H,27,31)(H,28,33). The number of carbonyl (C=O) groups is 2. The van der Waals surface area contributed by atoms with E-state index in [1.807, 2.05) is 18.2 Å². The van der Waals surface area contributed by atoms with E-state index in [1.165, 1.54) is 18.2 Å². The SMILES string of the molecule is CCn1c(=O)[nH]c2cc(C(=O)Nc3cccc(OCC(=O)Nc4ccccc4)c3)ccc2c1=O. The largest absolute Gasteiger partial charge is 0.484 e. The molecule has 4 rings (SSSR count). The third kappa shape index (κ3) is 5.04. The molecule has 2 amide bonds. The molecule has 0 aliphatic heterocycles. The molecule has 4 aromatic rings. The number of carbonyl (C=O) groups excluding carboxylic acids is 2. The summed E-state index contributed by atoms with van der Waals surface area (Å²) in [6, 6.07) is 20.2. The van der Waals surface area contributed by atoms with Crippen LogP contribution in [0.2, 0.25) is 0 Å². The molecule has 3 aromatic carbocycles. The molecule has 0 radical (unpaired) electrons. The number of para-hydroxylation sites is 1. The number of amides is 2. The molecule has 9 heteroatoms. The Bertz CT molecular complexity index is 1470. The fraction of sp³-hybridized carbons (Fsp3) is 0.120. The van der Waals surface area contributed by atoms with Crippen LogP contribution in [-0.4, -0.2) is 28.0 Å². The quantitative estimate of drug-likeness (QED) is 0.393. The third-order valence-corrected chi connectivity index (χ3v) is 5.08. The molecule has 0 fully saturated rings. The van der Waals surface area contributed by atoms with Crippen molar-refractivity contribution in [1.29, 1.82) is 0 Å². The van der Waals surface area contributed by atoms with Crippen LogP contribution in [0.3, 0.4) is 0 Å². The molecular weight excluding hydrogens is 436 g/mol. The molecule has 34 heavy (non-hydrogen) atoms. The minimum atomic E-state index is -0.529. The summed E-state index contributed by atoms with van der Waals surface area (Å²) < 4.78 is 6.62. The smallest absolute Gasteiger partial charge is 0.328 e. The van der Waals surface area contributed by atoms with Crippen molar-refractivity contribution in [1.82, 2.24) is 9.55 Å². The van der Waals surface area contributed by atoms with Crippen molar-refractivity contribution < 1.29 is 14.3 Å². The summed E-state index contributed by atoms with van der Waals surface area (Å²) in [5, 5.41) is 5.80. The lowest BCUT2D eigenvalue weighted by atomic mass is 10.1. The number of ether oxygens (including phenoxy) is 1. The average molecular weight is 458 g/mol. The van der Waals surface area contributed by atoms with E-state index in [0.717, 1.165) is 4.57 Å². The minimum Gasteiger partial charge on any atom is -0.484 e. The number of hydrogen-bond acceptors (Lipinski definition) is 5. The molecule has 1 heterocycles. The highest BCUT2D eigenvalue weighted by Gasteiger charge is 2.12. The van der Waals surface area contributed by atoms with Gasteiger partial charge in [-0.3, -0.25) is 19.0 Å². The second-order valence-electron chi connectivity index (χ2n) is 7.42. The summed E-state index contributed by atoms with van der Waals surface area (Å²) in [5.41, 5.74) is 0.746. The normalized spacial score (nSPS) is 10.6. The van der Waals surface area contributed by atoms with Gasteiger partial charge in [-0.1, -0.05) is 24.3 Å². The number of aromatic nitrogens is 2. The van der Waals surface area contributed by atoms with Crippen LogP contribution in [0.5, 0.6) is 5.75 Å². The number of aromatic amines is 1. The number of nitrogens with one attached hydrogen (secondary N) is 3. The van der Waals surface area contributed by atoms with Crippen LogP contribution < -0.4 is 26.6 Å². The summed E-state index contributed by atoms with van der Waals surface area (Å²) >= 11 is 0. The van der Waals surface area contributed by atoms with Gasteiger partial charge < -0.3 is 20.4 Å². The third-order valence-electron chi connectivity index (χ3n) is 5.08. The number of rotatable bonds is 7. The van der Waals surface area contributed by atoms with Gasteiger partial charge in [0.2, 0.25) is 0 Å². The van der Waals surface area contributed by atoms with E-state index in [4.69, 9.17) is 4.74 Å². The number of hydrogen-bond donors (Lipinski definition) is 3. The van der Waals surface area contributed by atoms with Crippen LogP contribution in [0.25, 0.3) is 10.9 Å². The van der Waals surface area contributed by atoms with Gasteiger partial charge in [-0.25, -0.2) is 4.79 Å². The topological polar surface area (TPSA) is 122 Å². The lowest BCUT2D eigenvalue weighted by molar-refractivity contribution is -0.118. The Morgan fingerprint density at radius 2 is 1.68 bits per heavy atom. The first-order valence-electron chi connectivity index (χ1n) is 10.6. The molecule has 1 aromatic heterocycles. The van der Waals surface area contributed by atoms with Crippen LogP contribution >= 0.6 is 0 Å². The number of H-pyrrole nitrogens is 1. The second kappa shape index (κ2) is 9.86. The van der Waals surface area contributed by atoms with E-state index in [1.54, 1.807) is 43.3 Å². The maximum absolute atomic E-state index is 12.7. The minimum absolute atomic E-state index is 0.195. The van der Waals surface area contributed by atoms with Crippen molar-refractivity contribution in [2.24, 2.45) is 0 Å². The van der Waals surface area contributed by atoms with E-state index >= 15 is 0 Å². The molecule has 9 nitrogen and oxygen atoms in total. The molecule has 0 unspecified atom stereocenters. The summed E-state index contributed by atoms with van der Waals surface area (Å²) in [4.78, 5) is 51.9. The van der Waals surface area contributed by atoms with Gasteiger partial charge in [-0.15, -0.1) is 0 Å². The van der Waals surface area contributed by atoms with Gasteiger partial charge in [0.25, 0.3) is 17.4 Å². The number of nitrogens with zero attached hydrogens (tertiary/aromatic N) is 1. The second-order valence-corrected chi connectivity index (χ2v) is 7.42. The van der Waals surface area contributed by atoms with Gasteiger partial charge in [0, 0.05) is 29.5 Å². The Hall–Kier alpha value is -4.66. The van der Waals surface area contributed by atoms with E-state index in [-0.39, 0.29) is 30.1 Å². The molecule has 0 spiro atoms. The Labute approximate surface area is 194 Å². The zero-order chi connectivity index (χ0) is 24.1. The Morgan fingerprint density at radius 1 is 0.912 bits per heavy atom. The Kier molecular flexibility index (Phi) is 6.54. The maximum Gasteiger partial charge on any atom is 0.328 e. The van der Waals surface area contributed by atoms with Crippen molar-refractivity contribution in [3.05, 3.63) is 99.2 Å². The number of fused-ring (bicyclic) bond motifs is 1. The van der Waals surface area contributed by atoms with Crippen molar-refractivity contribution >= 4 is 34.1 Å². The van der Waals surface area contributed by atoms with E-state index in [0.29, 0.717) is 22.5 Å². The highest BCUT2D eigenvalue weighted by atomic mass is 16.5. The van der Waals surface area contributed by atoms with Gasteiger partial charge in [-0.05, 0) is 49.4 Å². The molecule has 172 valence electrons. The van der Waals surface area contributed by atoms with Crippen molar-refractivity contribution in [2.45, 2.75) is 13.5 Å². The number of benzene rings is 3. The van der Waals surface area contributed by atoms with Crippen molar-refractivity contribution in [3.63, 3.8) is 0 Å². The molecule has 0 aliphatic rings. The van der Waals surface area contributed by atoms with Gasteiger partial charge in [0.05, 0.1) is 10.9 Å². The molecule has 0 saturated heterocycles. The van der Waals surface area contributed by atoms with Crippen molar-refractivity contribution in [2.75, 3.05) is 17.2 Å². The van der Waals surface area contributed by atoms with Gasteiger partial charge in [0.15, 0.2) is 6.61 Å². The average Bonchev–Trinajstić information content (AvgIpc) is 2.83. The molecule has 0 saturated carbocycles. The first kappa shape index (κ1) is 22.5. The van der Waals surface area contributed by atoms with Gasteiger partial charge in [0.1, 0.15) is 5.75 Å². The highest BCUT2D eigenvalue weighted by Crippen LogP contribution is 2.19. The Balaban J connectivity index is 1.44. The van der Waals surface area contributed by atoms with Gasteiger partial charge in [-0.2, -0.15) is 0 Å². The monoisotopic (exact) mass is 458 g/mol. The van der Waals surface area contributed by atoms with Crippen LogP contribution in [0, 0.1) is 0 Å². The van der Waals surface area contributed by atoms with Crippen LogP contribution in [-0.2, 0) is 11.3 Å². The van der Waals surface area contributed by atoms with Crippen molar-refractivity contribution in [3.8, 4) is 5.75 Å². The predicted octanol–water partition coefficient (Wildman–Crippen LogP) is 2.98. The van der Waals surface area contributed by atoms with Crippen LogP contribution in [0.4, 0.5) is 11.4 Å². The first-order chi connectivity index (χ1) is 16.4. The fourth-order valence-corrected chi connectivity index (χ4v) is 3.42. The Morgan fingerprint density at radius 3 is 2.44 bits per heavy atom. The lowest BCUT2D eigenvalue weighted by Crippen LogP contribution is -2.34. The summed E-state index contributed by atoms with van der Waals surface area (Å²) in [6.45, 7) is 1.76. The first-order valence-corrected chi connectivity index (χ1v) is 10.6. The van der Waals surface area contributed by atoms with E-state index in [2.05, 4.69) is 15.6 Å². The van der Waals surface area contributed by atoms with Gasteiger partial charge >= 0.3 is 5.69 Å². The molecule has 0 aliphatic carbocycles. The van der Waals surface area contributed by atoms with Crippen LogP contribution in [0.1, 0.15) is 17.3 Å². The summed E-state index contributed by atoms with van der Waals surface area (Å²) in [7, 11) is 0. The highest BCUT2D eigenvalue weighted by molar-refractivity contribution is 6.06. The van der Waals surface area contributed by atoms with Crippen LogP contribution in [0.15, 0.2) is 82.4 Å². The summed E-state index contributed by atoms with van der Waals surface area (Å²) in [5.74, 6) is -0.335. The zero-order valence-corrected chi connectivity index (χ0v) is 18.3. The maximum atomic E-state index is 12.7. The lowest BCUT2D eigenvalue weighted by Gasteiger charge is -2.10. The molecular formula is C25H22N4O5. The summed E-state index contributed by atoms with van der Waals surface area (Å²) in [6.07, 6.45) is 0. The molecule has 0 atom stereocenters. The number of anilines is 2. The zero-order valence-electron chi connectivity index (χ0n) is 18.3. The van der Waals surface area contributed by atoms with E-state index < -0.39 is 17.2 Å². The van der Waals surface area contributed by atoms with E-state index in [9.17, 15) is 19.2 Å². The molecule has 3 N–H and O–H groups in total. The predicted molar refractivity (Wildman–Crippen MR) is 129 cm³/mol. The molecule has 0 bridgehead atoms. The fourth-order valence-electron chi connectivity index (χ4n) is 3.42.